The zero-order valence-electron chi connectivity index (χ0n) is 14.8. The van der Waals surface area contributed by atoms with Gasteiger partial charge >= 0.3 is 5.76 Å². The second-order valence-electron chi connectivity index (χ2n) is 5.27. The van der Waals surface area contributed by atoms with Crippen molar-refractivity contribution in [2.24, 2.45) is 14.6 Å². The van der Waals surface area contributed by atoms with Crippen molar-refractivity contribution in [3.8, 4) is 0 Å². The lowest BCUT2D eigenvalue weighted by Gasteiger charge is -2.21. The van der Waals surface area contributed by atoms with E-state index in [0.29, 0.717) is 24.5 Å². The van der Waals surface area contributed by atoms with Crippen molar-refractivity contribution in [2.75, 3.05) is 18.0 Å². The summed E-state index contributed by atoms with van der Waals surface area (Å²) in [5.74, 6) is -3.01. The maximum Gasteiger partial charge on any atom is 0.345 e. The van der Waals surface area contributed by atoms with Crippen molar-refractivity contribution in [3.63, 3.8) is 0 Å². The van der Waals surface area contributed by atoms with Crippen molar-refractivity contribution in [1.82, 2.24) is 5.16 Å². The van der Waals surface area contributed by atoms with Crippen LogP contribution in [0.3, 0.4) is 0 Å². The average Bonchev–Trinajstić information content (AvgIpc) is 3.07. The van der Waals surface area contributed by atoms with Crippen LogP contribution in [0.15, 0.2) is 43.4 Å². The highest BCUT2D eigenvalue weighted by Crippen LogP contribution is 2.35. The molecule has 12 heteroatoms. The molecule has 0 saturated carbocycles. The van der Waals surface area contributed by atoms with Crippen LogP contribution in [0.1, 0.15) is 19.6 Å². The molecule has 0 bridgehead atoms. The minimum atomic E-state index is -4.88. The van der Waals surface area contributed by atoms with Gasteiger partial charge in [-0.05, 0) is 43.5 Å². The number of aryl methyl sites for hydroxylation is 1. The lowest BCUT2D eigenvalue weighted by molar-refractivity contribution is -0.000950. The molecule has 0 aliphatic heterocycles. The van der Waals surface area contributed by atoms with Gasteiger partial charge in [-0.15, -0.1) is 10.2 Å². The van der Waals surface area contributed by atoms with Crippen molar-refractivity contribution < 1.29 is 26.4 Å². The van der Waals surface area contributed by atoms with Crippen molar-refractivity contribution in [1.29, 1.82) is 0 Å². The summed E-state index contributed by atoms with van der Waals surface area (Å²) >= 11 is 0. The number of benzene rings is 1. The molecule has 1 atom stereocenters. The largest absolute Gasteiger partial charge is 0.372 e. The molecule has 0 aliphatic rings. The number of rotatable bonds is 8. The molecular formula is C15H18F3N5O3S. The molecule has 2 rings (SSSR count). The monoisotopic (exact) mass is 405 g/mol. The first-order chi connectivity index (χ1) is 12.8. The molecule has 1 unspecified atom stereocenters. The Balaban J connectivity index is 2.57. The zero-order valence-corrected chi connectivity index (χ0v) is 15.6. The summed E-state index contributed by atoms with van der Waals surface area (Å²) in [7, 11) is -4.88. The van der Waals surface area contributed by atoms with E-state index in [-0.39, 0.29) is 17.2 Å². The number of alkyl halides is 2. The molecule has 8 nitrogen and oxygen atoms in total. The quantitative estimate of drug-likeness (QED) is 0.550. The van der Waals surface area contributed by atoms with Crippen LogP contribution in [0.4, 0.5) is 36.2 Å². The van der Waals surface area contributed by atoms with Gasteiger partial charge in [0.15, 0.2) is 0 Å². The number of hydrogen-bond acceptors (Lipinski definition) is 8. The highest BCUT2D eigenvalue weighted by molar-refractivity contribution is 7.89. The van der Waals surface area contributed by atoms with Gasteiger partial charge in [-0.2, -0.15) is 13.1 Å². The second kappa shape index (κ2) is 8.95. The summed E-state index contributed by atoms with van der Waals surface area (Å²) in [6.45, 7) is 6.70. The summed E-state index contributed by atoms with van der Waals surface area (Å²) in [6, 6.07) is 5.95. The minimum Gasteiger partial charge on any atom is -0.372 e. The molecule has 2 aromatic rings. The Bertz CT molecular complexity index is 921. The predicted octanol–water partition coefficient (Wildman–Crippen LogP) is 5.38. The lowest BCUT2D eigenvalue weighted by atomic mass is 10.2. The predicted molar refractivity (Wildman–Crippen MR) is 93.8 cm³/mol. The first kappa shape index (κ1) is 20.8. The summed E-state index contributed by atoms with van der Waals surface area (Å²) in [4.78, 5) is 1.89. The van der Waals surface area contributed by atoms with E-state index < -0.39 is 15.8 Å². The summed E-state index contributed by atoms with van der Waals surface area (Å²) < 4.78 is 61.3. The first-order valence-corrected chi connectivity index (χ1v) is 9.41. The Morgan fingerprint density at radius 1 is 1.22 bits per heavy atom. The first-order valence-electron chi connectivity index (χ1n) is 7.91. The third-order valence-electron chi connectivity index (χ3n) is 3.50. The normalized spacial score (nSPS) is 13.9. The summed E-state index contributed by atoms with van der Waals surface area (Å²) in [5.41, 5.74) is 0.327. The average molecular weight is 405 g/mol. The Morgan fingerprint density at radius 3 is 2.44 bits per heavy atom. The SMILES string of the molecule is CCN(CC)c1ccc(N=Nc2cc(C)on2)c(N=S(=O)(OF)C(F)F)c1. The van der Waals surface area contributed by atoms with Crippen LogP contribution < -0.4 is 4.90 Å². The highest BCUT2D eigenvalue weighted by Gasteiger charge is 2.25. The third kappa shape index (κ3) is 5.04. The van der Waals surface area contributed by atoms with Crippen LogP contribution in [0.25, 0.3) is 0 Å². The van der Waals surface area contributed by atoms with Gasteiger partial charge in [-0.1, -0.05) is 9.54 Å². The van der Waals surface area contributed by atoms with E-state index in [0.717, 1.165) is 0 Å². The van der Waals surface area contributed by atoms with Crippen molar-refractivity contribution >= 4 is 32.9 Å². The lowest BCUT2D eigenvalue weighted by Crippen LogP contribution is -2.21. The highest BCUT2D eigenvalue weighted by atomic mass is 32.2. The van der Waals surface area contributed by atoms with Crippen LogP contribution in [0.2, 0.25) is 0 Å². The summed E-state index contributed by atoms with van der Waals surface area (Å²) in [5, 5.41) is 11.3. The van der Waals surface area contributed by atoms with Crippen LogP contribution in [0.5, 0.6) is 0 Å². The molecule has 148 valence electrons. The molecule has 0 fully saturated rings. The molecule has 0 radical (unpaired) electrons. The molecule has 0 saturated heterocycles. The molecule has 0 aliphatic carbocycles. The van der Waals surface area contributed by atoms with Gasteiger partial charge in [-0.3, -0.25) is 0 Å². The van der Waals surface area contributed by atoms with E-state index in [2.05, 4.69) is 24.1 Å². The van der Waals surface area contributed by atoms with Crippen molar-refractivity contribution in [2.45, 2.75) is 26.5 Å². The fraction of sp³-hybridized carbons (Fsp3) is 0.400. The topological polar surface area (TPSA) is 92.6 Å². The fourth-order valence-corrected chi connectivity index (χ4v) is 2.76. The Morgan fingerprint density at radius 2 is 1.93 bits per heavy atom. The Kier molecular flexibility index (Phi) is 6.91. The smallest absolute Gasteiger partial charge is 0.345 e. The van der Waals surface area contributed by atoms with Gasteiger partial charge < -0.3 is 9.42 Å². The van der Waals surface area contributed by atoms with Gasteiger partial charge in [0.05, 0.1) is 0 Å². The van der Waals surface area contributed by atoms with E-state index in [1.165, 1.54) is 18.2 Å². The van der Waals surface area contributed by atoms with Crippen molar-refractivity contribution in [3.05, 3.63) is 30.0 Å². The van der Waals surface area contributed by atoms with E-state index in [4.69, 9.17) is 4.52 Å². The van der Waals surface area contributed by atoms with Crippen LogP contribution in [0, 0.1) is 6.92 Å². The zero-order chi connectivity index (χ0) is 20.0. The molecular weight excluding hydrogens is 387 g/mol. The van der Waals surface area contributed by atoms with Crippen LogP contribution in [-0.2, 0) is 14.4 Å². The van der Waals surface area contributed by atoms with E-state index in [1.807, 2.05) is 18.7 Å². The van der Waals surface area contributed by atoms with Gasteiger partial charge in [0.1, 0.15) is 17.1 Å². The number of azo groups is 1. The van der Waals surface area contributed by atoms with Crippen LogP contribution in [-0.4, -0.2) is 28.2 Å². The molecule has 0 amide bonds. The molecule has 0 N–H and O–H groups in total. The Labute approximate surface area is 154 Å². The van der Waals surface area contributed by atoms with Gasteiger partial charge in [0.25, 0.3) is 10.0 Å². The molecule has 0 spiro atoms. The van der Waals surface area contributed by atoms with Gasteiger partial charge in [-0.25, -0.2) is 4.21 Å². The number of halogens is 3. The molecule has 1 heterocycles. The van der Waals surface area contributed by atoms with Crippen LogP contribution >= 0.6 is 0 Å². The molecule has 1 aromatic carbocycles. The van der Waals surface area contributed by atoms with Gasteiger partial charge in [0.2, 0.25) is 5.82 Å². The van der Waals surface area contributed by atoms with E-state index in [1.54, 1.807) is 13.0 Å². The number of nitrogens with zero attached hydrogens (tertiary/aromatic N) is 5. The molecule has 27 heavy (non-hydrogen) atoms. The number of hydrogen-bond donors (Lipinski definition) is 0. The second-order valence-corrected chi connectivity index (χ2v) is 6.97. The maximum atomic E-state index is 12.9. The number of anilines is 1. The summed E-state index contributed by atoms with van der Waals surface area (Å²) in [6.07, 6.45) is 0. The fourth-order valence-electron chi connectivity index (χ4n) is 2.18. The Hall–Kier alpha value is -2.47. The van der Waals surface area contributed by atoms with E-state index in [9.17, 15) is 17.5 Å². The van der Waals surface area contributed by atoms with E-state index >= 15 is 0 Å². The standard InChI is InChI=1S/C15H18F3N5O3S/c1-4-23(5-2)11-6-7-12(19-20-14-8-10(3)25-21-14)13(9-11)22-27(24,26-18)15(16)17/h6-9,15H,4-5H2,1-3H3. The van der Waals surface area contributed by atoms with Gasteiger partial charge in [0, 0.05) is 24.8 Å². The third-order valence-corrected chi connectivity index (χ3v) is 4.59. The maximum absolute atomic E-state index is 12.9. The molecule has 1 aromatic heterocycles. The number of aromatic nitrogens is 1. The minimum absolute atomic E-state index is 0.0167.